The first-order valence-electron chi connectivity index (χ1n) is 12.3. The molecule has 0 spiro atoms. The van der Waals surface area contributed by atoms with Crippen molar-refractivity contribution in [2.45, 2.75) is 24.7 Å². The van der Waals surface area contributed by atoms with Crippen LogP contribution in [0.25, 0.3) is 0 Å². The summed E-state index contributed by atoms with van der Waals surface area (Å²) in [5.74, 6) is -1.70. The Labute approximate surface area is 225 Å². The lowest BCUT2D eigenvalue weighted by atomic mass is 9.92. The van der Waals surface area contributed by atoms with E-state index < -0.39 is 23.4 Å². The van der Waals surface area contributed by atoms with Gasteiger partial charge in [0, 0.05) is 70.7 Å². The molecule has 0 bridgehead atoms. The third-order valence-corrected chi connectivity index (χ3v) is 6.81. The Bertz CT molecular complexity index is 1380. The molecule has 3 amide bonds. The normalized spacial score (nSPS) is 19.3. The molecule has 39 heavy (non-hydrogen) atoms. The molecule has 2 heterocycles. The molecule has 2 aliphatic rings. The molecule has 204 valence electrons. The molecule has 11 heteroatoms. The lowest BCUT2D eigenvalue weighted by Crippen LogP contribution is -2.50. The van der Waals surface area contributed by atoms with E-state index in [1.807, 2.05) is 11.0 Å². The summed E-state index contributed by atoms with van der Waals surface area (Å²) in [7, 11) is 4.65. The fourth-order valence-electron chi connectivity index (χ4n) is 4.81. The summed E-state index contributed by atoms with van der Waals surface area (Å²) in [5, 5.41) is 9.49. The number of rotatable bonds is 6. The van der Waals surface area contributed by atoms with Crippen LogP contribution in [0, 0.1) is 23.0 Å². The number of halogens is 2. The number of carbonyl (C=O) groups excluding carboxylic acids is 2. The number of benzene rings is 2. The van der Waals surface area contributed by atoms with E-state index in [9.17, 15) is 23.6 Å². The number of ether oxygens (including phenoxy) is 2. The van der Waals surface area contributed by atoms with E-state index >= 15 is 0 Å². The number of nitrogens with zero attached hydrogens (tertiary/aromatic N) is 4. The molecule has 0 saturated carbocycles. The standard InChI is InChI=1S/C28H29F2N5O4/c1-33(2)26(36)22-14-19(28(38-3)16-18(17-31)8-13-35(28)27(32)37)4-6-24(22)34-11-9-21(10-12-34)39-25-7-5-20(29)15-23(25)30/h4-8,13-16,21H,9-12H2,1-3H3,(H2,32,37). The molecule has 0 aromatic heterocycles. The van der Waals surface area contributed by atoms with Gasteiger partial charge >= 0.3 is 6.03 Å². The Morgan fingerprint density at radius 3 is 2.46 bits per heavy atom. The number of hydrogen-bond donors (Lipinski definition) is 1. The molecular weight excluding hydrogens is 508 g/mol. The molecule has 2 aromatic rings. The van der Waals surface area contributed by atoms with Crippen LogP contribution in [0.5, 0.6) is 5.75 Å². The second-order valence-corrected chi connectivity index (χ2v) is 9.45. The molecule has 0 radical (unpaired) electrons. The van der Waals surface area contributed by atoms with E-state index in [-0.39, 0.29) is 23.3 Å². The highest BCUT2D eigenvalue weighted by atomic mass is 19.1. The summed E-state index contributed by atoms with van der Waals surface area (Å²) in [6.45, 7) is 1.04. The monoisotopic (exact) mass is 537 g/mol. The van der Waals surface area contributed by atoms with Gasteiger partial charge in [0.25, 0.3) is 5.91 Å². The highest BCUT2D eigenvalue weighted by Crippen LogP contribution is 2.38. The fraction of sp³-hybridized carbons (Fsp3) is 0.321. The predicted molar refractivity (Wildman–Crippen MR) is 140 cm³/mol. The zero-order chi connectivity index (χ0) is 28.3. The fourth-order valence-corrected chi connectivity index (χ4v) is 4.81. The van der Waals surface area contributed by atoms with Crippen molar-refractivity contribution < 1.29 is 27.8 Å². The summed E-state index contributed by atoms with van der Waals surface area (Å²) in [4.78, 5) is 30.3. The molecule has 2 aromatic carbocycles. The van der Waals surface area contributed by atoms with Crippen LogP contribution in [-0.2, 0) is 10.5 Å². The van der Waals surface area contributed by atoms with Crippen molar-refractivity contribution in [1.82, 2.24) is 9.80 Å². The largest absolute Gasteiger partial charge is 0.487 e. The Hall–Kier alpha value is -4.43. The lowest BCUT2D eigenvalue weighted by molar-refractivity contribution is -0.0597. The number of primary amides is 1. The second-order valence-electron chi connectivity index (χ2n) is 9.45. The van der Waals surface area contributed by atoms with Crippen LogP contribution in [0.1, 0.15) is 28.8 Å². The van der Waals surface area contributed by atoms with Gasteiger partial charge in [0.2, 0.25) is 0 Å². The number of amides is 3. The van der Waals surface area contributed by atoms with Gasteiger partial charge < -0.3 is 25.0 Å². The number of anilines is 1. The van der Waals surface area contributed by atoms with Crippen LogP contribution >= 0.6 is 0 Å². The number of nitriles is 1. The minimum Gasteiger partial charge on any atom is -0.487 e. The highest BCUT2D eigenvalue weighted by Gasteiger charge is 2.41. The van der Waals surface area contributed by atoms with Gasteiger partial charge in [0.1, 0.15) is 11.9 Å². The van der Waals surface area contributed by atoms with Crippen molar-refractivity contribution in [3.05, 3.63) is 83.1 Å². The Morgan fingerprint density at radius 1 is 1.15 bits per heavy atom. The zero-order valence-corrected chi connectivity index (χ0v) is 21.9. The quantitative estimate of drug-likeness (QED) is 0.599. The highest BCUT2D eigenvalue weighted by molar-refractivity contribution is 6.00. The van der Waals surface area contributed by atoms with Gasteiger partial charge in [-0.3, -0.25) is 9.69 Å². The van der Waals surface area contributed by atoms with Crippen molar-refractivity contribution in [3.8, 4) is 11.8 Å². The number of carbonyl (C=O) groups is 2. The average molecular weight is 538 g/mol. The lowest BCUT2D eigenvalue weighted by Gasteiger charge is -2.40. The molecule has 1 atom stereocenters. The summed E-state index contributed by atoms with van der Waals surface area (Å²) >= 11 is 0. The van der Waals surface area contributed by atoms with E-state index in [1.165, 1.54) is 36.4 Å². The smallest absolute Gasteiger partial charge is 0.321 e. The first kappa shape index (κ1) is 27.6. The molecular formula is C28H29F2N5O4. The van der Waals surface area contributed by atoms with Crippen LogP contribution in [0.3, 0.4) is 0 Å². The summed E-state index contributed by atoms with van der Waals surface area (Å²) < 4.78 is 38.8. The van der Waals surface area contributed by atoms with Gasteiger partial charge in [-0.15, -0.1) is 0 Å². The number of methoxy groups -OCH3 is 1. The van der Waals surface area contributed by atoms with Crippen LogP contribution in [-0.4, -0.2) is 62.1 Å². The van der Waals surface area contributed by atoms with Gasteiger partial charge in [-0.25, -0.2) is 13.6 Å². The summed E-state index contributed by atoms with van der Waals surface area (Å²) in [6, 6.07) is 9.59. The van der Waals surface area contributed by atoms with Crippen molar-refractivity contribution in [2.24, 2.45) is 5.73 Å². The maximum Gasteiger partial charge on any atom is 0.321 e. The van der Waals surface area contributed by atoms with E-state index in [2.05, 4.69) is 0 Å². The van der Waals surface area contributed by atoms with Crippen LogP contribution in [0.15, 0.2) is 60.3 Å². The topological polar surface area (TPSA) is 112 Å². The predicted octanol–water partition coefficient (Wildman–Crippen LogP) is 3.87. The maximum atomic E-state index is 14.1. The van der Waals surface area contributed by atoms with Crippen LogP contribution < -0.4 is 15.4 Å². The second kappa shape index (κ2) is 11.1. The first-order valence-corrected chi connectivity index (χ1v) is 12.3. The van der Waals surface area contributed by atoms with Crippen molar-refractivity contribution in [2.75, 3.05) is 39.2 Å². The molecule has 2 N–H and O–H groups in total. The number of nitrogens with two attached hydrogens (primary N) is 1. The van der Waals surface area contributed by atoms with Gasteiger partial charge in [0.15, 0.2) is 17.3 Å². The molecule has 1 fully saturated rings. The van der Waals surface area contributed by atoms with E-state index in [1.54, 1.807) is 32.3 Å². The number of urea groups is 1. The summed E-state index contributed by atoms with van der Waals surface area (Å²) in [6.07, 6.45) is 5.12. The van der Waals surface area contributed by atoms with Crippen molar-refractivity contribution in [1.29, 1.82) is 5.26 Å². The number of allylic oxidation sites excluding steroid dienone is 2. The SMILES string of the molecule is COC1(c2ccc(N3CCC(Oc4ccc(F)cc4F)CC3)c(C(=O)N(C)C)c2)C=C(C#N)C=CN1C(N)=O. The molecule has 1 saturated heterocycles. The van der Waals surface area contributed by atoms with Crippen molar-refractivity contribution >= 4 is 17.6 Å². The Morgan fingerprint density at radius 2 is 1.87 bits per heavy atom. The maximum absolute atomic E-state index is 14.1. The molecule has 4 rings (SSSR count). The Kier molecular flexibility index (Phi) is 7.88. The minimum atomic E-state index is -1.54. The third-order valence-electron chi connectivity index (χ3n) is 6.81. The van der Waals surface area contributed by atoms with Gasteiger partial charge in [-0.2, -0.15) is 5.26 Å². The van der Waals surface area contributed by atoms with Gasteiger partial charge in [0.05, 0.1) is 17.2 Å². The number of hydrogen-bond acceptors (Lipinski definition) is 6. The molecule has 0 aliphatic carbocycles. The molecule has 9 nitrogen and oxygen atoms in total. The van der Waals surface area contributed by atoms with Crippen LogP contribution in [0.4, 0.5) is 19.3 Å². The summed E-state index contributed by atoms with van der Waals surface area (Å²) in [5.41, 5.74) is 5.81. The van der Waals surface area contributed by atoms with Crippen LogP contribution in [0.2, 0.25) is 0 Å². The number of piperidine rings is 1. The molecule has 2 aliphatic heterocycles. The van der Waals surface area contributed by atoms with E-state index in [0.29, 0.717) is 42.7 Å². The Balaban J connectivity index is 1.65. The molecule has 1 unspecified atom stereocenters. The minimum absolute atomic E-state index is 0.00197. The van der Waals surface area contributed by atoms with Gasteiger partial charge in [-0.1, -0.05) is 6.07 Å². The van der Waals surface area contributed by atoms with Gasteiger partial charge in [-0.05, 0) is 36.4 Å². The zero-order valence-electron chi connectivity index (χ0n) is 21.9. The van der Waals surface area contributed by atoms with E-state index in [4.69, 9.17) is 15.2 Å². The first-order chi connectivity index (χ1) is 18.6. The van der Waals surface area contributed by atoms with Crippen molar-refractivity contribution in [3.63, 3.8) is 0 Å². The average Bonchev–Trinajstić information content (AvgIpc) is 2.93. The van der Waals surface area contributed by atoms with E-state index in [0.717, 1.165) is 17.0 Å². The third kappa shape index (κ3) is 5.42.